The summed E-state index contributed by atoms with van der Waals surface area (Å²) >= 11 is 5.69. The fourth-order valence-corrected chi connectivity index (χ4v) is 2.39. The summed E-state index contributed by atoms with van der Waals surface area (Å²) in [5.41, 5.74) is -0.530. The largest absolute Gasteiger partial charge is 0.444 e. The molecule has 6 nitrogen and oxygen atoms in total. The Morgan fingerprint density at radius 1 is 1.17 bits per heavy atom. The molecule has 1 aliphatic heterocycles. The number of carbonyl (C=O) groups excluding carboxylic acids is 2. The van der Waals surface area contributed by atoms with Gasteiger partial charge in [-0.15, -0.1) is 0 Å². The normalized spacial score (nSPS) is 15.2. The first kappa shape index (κ1) is 18.3. The molecule has 2 rings (SSSR count). The van der Waals surface area contributed by atoms with E-state index in [0.29, 0.717) is 26.2 Å². The van der Waals surface area contributed by atoms with Crippen molar-refractivity contribution in [3.8, 4) is 0 Å². The first-order chi connectivity index (χ1) is 11.2. The van der Waals surface area contributed by atoms with Crippen molar-refractivity contribution in [3.05, 3.63) is 29.0 Å². The lowest BCUT2D eigenvalue weighted by Crippen LogP contribution is -2.52. The predicted molar refractivity (Wildman–Crippen MR) is 89.8 cm³/mol. The highest BCUT2D eigenvalue weighted by Crippen LogP contribution is 2.22. The number of nitrogens with one attached hydrogen (secondary N) is 1. The molecular weight excluding hydrogens is 337 g/mol. The van der Waals surface area contributed by atoms with Gasteiger partial charge in [0.05, 0.1) is 10.7 Å². The van der Waals surface area contributed by atoms with Crippen molar-refractivity contribution in [1.82, 2.24) is 9.80 Å². The highest BCUT2D eigenvalue weighted by atomic mass is 35.5. The monoisotopic (exact) mass is 357 g/mol. The van der Waals surface area contributed by atoms with Crippen LogP contribution in [0.3, 0.4) is 0 Å². The number of hydrogen-bond donors (Lipinski definition) is 1. The first-order valence-electron chi connectivity index (χ1n) is 7.65. The van der Waals surface area contributed by atoms with Crippen molar-refractivity contribution in [2.75, 3.05) is 31.5 Å². The van der Waals surface area contributed by atoms with Crippen LogP contribution in [0.2, 0.25) is 5.02 Å². The van der Waals surface area contributed by atoms with Crippen LogP contribution >= 0.6 is 11.6 Å². The maximum absolute atomic E-state index is 13.8. The minimum atomic E-state index is -0.667. The lowest BCUT2D eigenvalue weighted by molar-refractivity contribution is 0.0174. The smallest absolute Gasteiger partial charge is 0.410 e. The average molecular weight is 358 g/mol. The molecule has 0 bridgehead atoms. The molecule has 1 N–H and O–H groups in total. The van der Waals surface area contributed by atoms with Crippen LogP contribution in [-0.2, 0) is 4.74 Å². The maximum Gasteiger partial charge on any atom is 0.410 e. The third kappa shape index (κ3) is 4.74. The number of hydrogen-bond acceptors (Lipinski definition) is 3. The Labute approximate surface area is 145 Å². The van der Waals surface area contributed by atoms with Gasteiger partial charge in [0.15, 0.2) is 5.82 Å². The van der Waals surface area contributed by atoms with Gasteiger partial charge in [0.2, 0.25) is 0 Å². The van der Waals surface area contributed by atoms with Crippen molar-refractivity contribution >= 4 is 29.4 Å². The van der Waals surface area contributed by atoms with E-state index in [4.69, 9.17) is 16.3 Å². The van der Waals surface area contributed by atoms with E-state index in [9.17, 15) is 14.0 Å². The van der Waals surface area contributed by atoms with E-state index in [-0.39, 0.29) is 10.7 Å². The van der Waals surface area contributed by atoms with E-state index < -0.39 is 23.5 Å². The van der Waals surface area contributed by atoms with Crippen molar-refractivity contribution in [2.24, 2.45) is 0 Å². The number of amides is 3. The predicted octanol–water partition coefficient (Wildman–Crippen LogP) is 3.56. The third-order valence-electron chi connectivity index (χ3n) is 3.41. The SMILES string of the molecule is CC(C)(C)OC(=O)N1CCN(C(=O)Nc2cccc(Cl)c2F)CC1. The molecule has 3 amide bonds. The Bertz CT molecular complexity index is 625. The number of ether oxygens (including phenoxy) is 1. The molecule has 0 unspecified atom stereocenters. The zero-order chi connectivity index (χ0) is 17.9. The molecule has 0 aromatic heterocycles. The standard InChI is InChI=1S/C16H21ClFN3O3/c1-16(2,3)24-15(23)21-9-7-20(8-10-21)14(22)19-12-6-4-5-11(17)13(12)18/h4-6H,7-10H2,1-3H3,(H,19,22). The van der Waals surface area contributed by atoms with Gasteiger partial charge in [-0.3, -0.25) is 0 Å². The fraction of sp³-hybridized carbons (Fsp3) is 0.500. The molecule has 0 radical (unpaired) electrons. The number of urea groups is 1. The molecule has 0 atom stereocenters. The van der Waals surface area contributed by atoms with Crippen LogP contribution < -0.4 is 5.32 Å². The van der Waals surface area contributed by atoms with Gasteiger partial charge >= 0.3 is 12.1 Å². The summed E-state index contributed by atoms with van der Waals surface area (Å²) in [4.78, 5) is 27.3. The lowest BCUT2D eigenvalue weighted by atomic mass is 10.2. The van der Waals surface area contributed by atoms with Gasteiger partial charge in [-0.1, -0.05) is 17.7 Å². The van der Waals surface area contributed by atoms with E-state index in [1.54, 1.807) is 31.7 Å². The minimum Gasteiger partial charge on any atom is -0.444 e. The summed E-state index contributed by atoms with van der Waals surface area (Å²) < 4.78 is 19.1. The molecule has 24 heavy (non-hydrogen) atoms. The Morgan fingerprint density at radius 3 is 2.33 bits per heavy atom. The van der Waals surface area contributed by atoms with Gasteiger partial charge in [0.25, 0.3) is 0 Å². The average Bonchev–Trinajstić information content (AvgIpc) is 2.50. The quantitative estimate of drug-likeness (QED) is 0.835. The van der Waals surface area contributed by atoms with Crippen molar-refractivity contribution < 1.29 is 18.7 Å². The molecule has 0 saturated carbocycles. The molecule has 1 aromatic carbocycles. The highest BCUT2D eigenvalue weighted by molar-refractivity contribution is 6.31. The van der Waals surface area contributed by atoms with Crippen LogP contribution in [0.15, 0.2) is 18.2 Å². The van der Waals surface area contributed by atoms with Gasteiger partial charge in [-0.2, -0.15) is 0 Å². The van der Waals surface area contributed by atoms with Crippen LogP contribution in [0.4, 0.5) is 19.7 Å². The molecule has 1 saturated heterocycles. The second-order valence-corrected chi connectivity index (χ2v) is 6.89. The number of benzene rings is 1. The molecular formula is C16H21ClFN3O3. The van der Waals surface area contributed by atoms with Gasteiger partial charge in [-0.05, 0) is 32.9 Å². The zero-order valence-electron chi connectivity index (χ0n) is 13.9. The van der Waals surface area contributed by atoms with Crippen molar-refractivity contribution in [3.63, 3.8) is 0 Å². The lowest BCUT2D eigenvalue weighted by Gasteiger charge is -2.35. The van der Waals surface area contributed by atoms with E-state index in [1.807, 2.05) is 0 Å². The summed E-state index contributed by atoms with van der Waals surface area (Å²) in [5, 5.41) is 2.44. The molecule has 1 aliphatic rings. The summed E-state index contributed by atoms with van der Waals surface area (Å²) in [7, 11) is 0. The molecule has 0 spiro atoms. The van der Waals surface area contributed by atoms with E-state index in [0.717, 1.165) is 0 Å². The summed E-state index contributed by atoms with van der Waals surface area (Å²) in [6.07, 6.45) is -0.400. The second-order valence-electron chi connectivity index (χ2n) is 6.49. The Kier molecular flexibility index (Phi) is 5.54. The Hall–Kier alpha value is -2.02. The summed E-state index contributed by atoms with van der Waals surface area (Å²) in [5.74, 6) is -0.667. The van der Waals surface area contributed by atoms with Gasteiger partial charge in [0.1, 0.15) is 5.60 Å². The molecule has 0 aliphatic carbocycles. The third-order valence-corrected chi connectivity index (χ3v) is 3.70. The van der Waals surface area contributed by atoms with Crippen LogP contribution in [0.25, 0.3) is 0 Å². The number of nitrogens with zero attached hydrogens (tertiary/aromatic N) is 2. The maximum atomic E-state index is 13.8. The van der Waals surface area contributed by atoms with E-state index >= 15 is 0 Å². The number of rotatable bonds is 1. The van der Waals surface area contributed by atoms with Crippen LogP contribution in [0.1, 0.15) is 20.8 Å². The number of halogens is 2. The van der Waals surface area contributed by atoms with Crippen LogP contribution in [0, 0.1) is 5.82 Å². The van der Waals surface area contributed by atoms with Gasteiger partial charge < -0.3 is 19.9 Å². The van der Waals surface area contributed by atoms with Crippen molar-refractivity contribution in [2.45, 2.75) is 26.4 Å². The Balaban J connectivity index is 1.89. The number of piperazine rings is 1. The topological polar surface area (TPSA) is 61.9 Å². The number of anilines is 1. The van der Waals surface area contributed by atoms with Gasteiger partial charge in [-0.25, -0.2) is 14.0 Å². The Morgan fingerprint density at radius 2 is 1.75 bits per heavy atom. The van der Waals surface area contributed by atoms with Gasteiger partial charge in [0, 0.05) is 26.2 Å². The highest BCUT2D eigenvalue weighted by Gasteiger charge is 2.28. The molecule has 8 heteroatoms. The second kappa shape index (κ2) is 7.25. The minimum absolute atomic E-state index is 0.0297. The first-order valence-corrected chi connectivity index (χ1v) is 8.03. The van der Waals surface area contributed by atoms with E-state index in [1.165, 1.54) is 17.0 Å². The van der Waals surface area contributed by atoms with E-state index in [2.05, 4.69) is 5.32 Å². The zero-order valence-corrected chi connectivity index (χ0v) is 14.7. The van der Waals surface area contributed by atoms with Crippen LogP contribution in [0.5, 0.6) is 0 Å². The summed E-state index contributed by atoms with van der Waals surface area (Å²) in [6, 6.07) is 3.98. The van der Waals surface area contributed by atoms with Crippen molar-refractivity contribution in [1.29, 1.82) is 0 Å². The molecule has 1 heterocycles. The fourth-order valence-electron chi connectivity index (χ4n) is 2.21. The molecule has 1 fully saturated rings. The molecule has 132 valence electrons. The van der Waals surface area contributed by atoms with Crippen LogP contribution in [-0.4, -0.2) is 53.7 Å². The number of carbonyl (C=O) groups is 2. The summed E-state index contributed by atoms with van der Waals surface area (Å²) in [6.45, 7) is 6.80. The molecule has 1 aromatic rings.